The molecule has 0 aliphatic heterocycles. The third-order valence-electron chi connectivity index (χ3n) is 3.17. The van der Waals surface area contributed by atoms with Crippen molar-refractivity contribution in [2.45, 2.75) is 33.0 Å². The number of ether oxygens (including phenoxy) is 1. The first-order valence-corrected chi connectivity index (χ1v) is 6.97. The molecule has 3 N–H and O–H groups in total. The molecule has 9 heteroatoms. The van der Waals surface area contributed by atoms with Crippen LogP contribution in [0.25, 0.3) is 0 Å². The number of nitrogen functional groups attached to an aromatic ring is 1. The van der Waals surface area contributed by atoms with E-state index in [0.29, 0.717) is 24.8 Å². The molecule has 0 aliphatic carbocycles. The van der Waals surface area contributed by atoms with Gasteiger partial charge in [-0.1, -0.05) is 0 Å². The molecule has 1 atom stereocenters. The standard InChI is InChI=1S/C13H21N7O2/c1-9-6-11(14)20(18-9)7-12(21)16-10(2)13-17-15-8-19(13)4-5-22-3/h6,8,10H,4-5,7,14H2,1-3H3,(H,16,21)/t10-/m0/s1. The molecule has 0 spiro atoms. The van der Waals surface area contributed by atoms with Gasteiger partial charge in [0.15, 0.2) is 5.82 Å². The molecule has 0 unspecified atom stereocenters. The highest BCUT2D eigenvalue weighted by Crippen LogP contribution is 2.10. The van der Waals surface area contributed by atoms with Crippen molar-refractivity contribution in [3.63, 3.8) is 0 Å². The first-order chi connectivity index (χ1) is 10.5. The molecule has 22 heavy (non-hydrogen) atoms. The first-order valence-electron chi connectivity index (χ1n) is 6.97. The maximum atomic E-state index is 12.1. The van der Waals surface area contributed by atoms with Crippen LogP contribution in [0.1, 0.15) is 24.5 Å². The average Bonchev–Trinajstić information content (AvgIpc) is 3.03. The second-order valence-electron chi connectivity index (χ2n) is 5.03. The number of rotatable bonds is 7. The highest BCUT2D eigenvalue weighted by Gasteiger charge is 2.16. The zero-order valence-corrected chi connectivity index (χ0v) is 13.0. The van der Waals surface area contributed by atoms with Crippen LogP contribution in [0.2, 0.25) is 0 Å². The highest BCUT2D eigenvalue weighted by atomic mass is 16.5. The number of methoxy groups -OCH3 is 1. The summed E-state index contributed by atoms with van der Waals surface area (Å²) in [4.78, 5) is 12.1. The van der Waals surface area contributed by atoms with E-state index in [4.69, 9.17) is 10.5 Å². The van der Waals surface area contributed by atoms with Crippen LogP contribution < -0.4 is 11.1 Å². The minimum atomic E-state index is -0.273. The second-order valence-corrected chi connectivity index (χ2v) is 5.03. The van der Waals surface area contributed by atoms with Crippen molar-refractivity contribution in [2.75, 3.05) is 19.5 Å². The number of carbonyl (C=O) groups excluding carboxylic acids is 1. The van der Waals surface area contributed by atoms with Crippen molar-refractivity contribution in [3.05, 3.63) is 23.9 Å². The van der Waals surface area contributed by atoms with Crippen LogP contribution in [0.15, 0.2) is 12.4 Å². The second kappa shape index (κ2) is 7.03. The Bertz CT molecular complexity index is 634. The van der Waals surface area contributed by atoms with Crippen LogP contribution in [0.3, 0.4) is 0 Å². The van der Waals surface area contributed by atoms with E-state index in [1.54, 1.807) is 19.5 Å². The van der Waals surface area contributed by atoms with Gasteiger partial charge in [0.25, 0.3) is 0 Å². The third kappa shape index (κ3) is 3.82. The Morgan fingerprint density at radius 1 is 1.55 bits per heavy atom. The summed E-state index contributed by atoms with van der Waals surface area (Å²) in [6.45, 7) is 4.92. The van der Waals surface area contributed by atoms with Crippen molar-refractivity contribution in [1.82, 2.24) is 29.9 Å². The van der Waals surface area contributed by atoms with Crippen molar-refractivity contribution in [1.29, 1.82) is 0 Å². The Morgan fingerprint density at radius 2 is 2.32 bits per heavy atom. The van der Waals surface area contributed by atoms with Gasteiger partial charge in [-0.25, -0.2) is 4.68 Å². The van der Waals surface area contributed by atoms with E-state index in [1.165, 1.54) is 4.68 Å². The monoisotopic (exact) mass is 307 g/mol. The molecule has 2 heterocycles. The van der Waals surface area contributed by atoms with E-state index in [2.05, 4.69) is 20.6 Å². The van der Waals surface area contributed by atoms with Gasteiger partial charge >= 0.3 is 0 Å². The summed E-state index contributed by atoms with van der Waals surface area (Å²) in [5.74, 6) is 0.946. The Morgan fingerprint density at radius 3 is 2.95 bits per heavy atom. The molecule has 2 rings (SSSR count). The fourth-order valence-electron chi connectivity index (χ4n) is 2.14. The van der Waals surface area contributed by atoms with Crippen LogP contribution >= 0.6 is 0 Å². The third-order valence-corrected chi connectivity index (χ3v) is 3.17. The van der Waals surface area contributed by atoms with Gasteiger partial charge in [-0.2, -0.15) is 5.10 Å². The zero-order valence-electron chi connectivity index (χ0n) is 13.0. The van der Waals surface area contributed by atoms with E-state index in [9.17, 15) is 4.79 Å². The van der Waals surface area contributed by atoms with E-state index in [0.717, 1.165) is 5.69 Å². The summed E-state index contributed by atoms with van der Waals surface area (Å²) in [5.41, 5.74) is 6.55. The molecule has 2 aromatic rings. The van der Waals surface area contributed by atoms with Crippen molar-refractivity contribution in [2.24, 2.45) is 0 Å². The molecule has 0 saturated heterocycles. The highest BCUT2D eigenvalue weighted by molar-refractivity contribution is 5.76. The van der Waals surface area contributed by atoms with Gasteiger partial charge in [-0.05, 0) is 13.8 Å². The molecule has 120 valence electrons. The summed E-state index contributed by atoms with van der Waals surface area (Å²) in [7, 11) is 1.63. The van der Waals surface area contributed by atoms with Crippen molar-refractivity contribution in [3.8, 4) is 0 Å². The van der Waals surface area contributed by atoms with Crippen LogP contribution in [-0.2, 0) is 22.6 Å². The number of nitrogens with two attached hydrogens (primary N) is 1. The zero-order chi connectivity index (χ0) is 16.1. The lowest BCUT2D eigenvalue weighted by atomic mass is 10.3. The van der Waals surface area contributed by atoms with E-state index in [-0.39, 0.29) is 18.5 Å². The summed E-state index contributed by atoms with van der Waals surface area (Å²) >= 11 is 0. The fourth-order valence-corrected chi connectivity index (χ4v) is 2.14. The number of aromatic nitrogens is 5. The molecule has 0 bridgehead atoms. The lowest BCUT2D eigenvalue weighted by molar-refractivity contribution is -0.122. The van der Waals surface area contributed by atoms with Gasteiger partial charge < -0.3 is 20.4 Å². The molecule has 0 aliphatic rings. The topological polar surface area (TPSA) is 113 Å². The predicted molar refractivity (Wildman–Crippen MR) is 79.8 cm³/mol. The Balaban J connectivity index is 1.96. The number of anilines is 1. The predicted octanol–water partition coefficient (Wildman–Crippen LogP) is -0.111. The van der Waals surface area contributed by atoms with Crippen LogP contribution in [-0.4, -0.2) is 44.2 Å². The number of amides is 1. The van der Waals surface area contributed by atoms with E-state index in [1.807, 2.05) is 18.4 Å². The lowest BCUT2D eigenvalue weighted by Gasteiger charge is -2.15. The molecule has 0 radical (unpaired) electrons. The van der Waals surface area contributed by atoms with Crippen LogP contribution in [0.4, 0.5) is 5.82 Å². The molecular formula is C13H21N7O2. The molecule has 1 amide bonds. The minimum absolute atomic E-state index is 0.0657. The van der Waals surface area contributed by atoms with Gasteiger partial charge in [0.2, 0.25) is 5.91 Å². The lowest BCUT2D eigenvalue weighted by Crippen LogP contribution is -2.32. The summed E-state index contributed by atoms with van der Waals surface area (Å²) in [6, 6.07) is 1.45. The maximum Gasteiger partial charge on any atom is 0.242 e. The summed E-state index contributed by atoms with van der Waals surface area (Å²) < 4.78 is 8.35. The molecular weight excluding hydrogens is 286 g/mol. The molecule has 0 aromatic carbocycles. The number of hydrogen-bond donors (Lipinski definition) is 2. The molecule has 0 fully saturated rings. The normalized spacial score (nSPS) is 12.3. The average molecular weight is 307 g/mol. The SMILES string of the molecule is COCCn1cnnc1[C@H](C)NC(=O)Cn1nc(C)cc1N. The van der Waals surface area contributed by atoms with Gasteiger partial charge in [-0.15, -0.1) is 10.2 Å². The van der Waals surface area contributed by atoms with Crippen LogP contribution in [0.5, 0.6) is 0 Å². The van der Waals surface area contributed by atoms with Crippen molar-refractivity contribution >= 4 is 11.7 Å². The Hall–Kier alpha value is -2.42. The van der Waals surface area contributed by atoms with Crippen molar-refractivity contribution < 1.29 is 9.53 Å². The largest absolute Gasteiger partial charge is 0.384 e. The maximum absolute atomic E-state index is 12.1. The van der Waals surface area contributed by atoms with E-state index < -0.39 is 0 Å². The number of nitrogens with zero attached hydrogens (tertiary/aromatic N) is 5. The van der Waals surface area contributed by atoms with Gasteiger partial charge in [0.1, 0.15) is 18.7 Å². The van der Waals surface area contributed by atoms with Gasteiger partial charge in [0.05, 0.1) is 18.3 Å². The molecule has 2 aromatic heterocycles. The van der Waals surface area contributed by atoms with Gasteiger partial charge in [0, 0.05) is 19.7 Å². The summed E-state index contributed by atoms with van der Waals surface area (Å²) in [6.07, 6.45) is 1.62. The Labute approximate surface area is 128 Å². The molecule has 9 nitrogen and oxygen atoms in total. The molecule has 0 saturated carbocycles. The number of hydrogen-bond acceptors (Lipinski definition) is 6. The quantitative estimate of drug-likeness (QED) is 0.738. The summed E-state index contributed by atoms with van der Waals surface area (Å²) in [5, 5.41) is 14.9. The van der Waals surface area contributed by atoms with E-state index >= 15 is 0 Å². The smallest absolute Gasteiger partial charge is 0.242 e. The number of aryl methyl sites for hydroxylation is 1. The Kier molecular flexibility index (Phi) is 5.10. The first kappa shape index (κ1) is 16.0. The number of carbonyl (C=O) groups is 1. The number of nitrogens with one attached hydrogen (secondary N) is 1. The minimum Gasteiger partial charge on any atom is -0.384 e. The van der Waals surface area contributed by atoms with Crippen LogP contribution in [0, 0.1) is 6.92 Å². The fraction of sp³-hybridized carbons (Fsp3) is 0.538. The van der Waals surface area contributed by atoms with Gasteiger partial charge in [-0.3, -0.25) is 4.79 Å².